The first-order chi connectivity index (χ1) is 9.51. The number of carbonyl (C=O) groups excluding carboxylic acids is 1. The van der Waals surface area contributed by atoms with Crippen LogP contribution in [0, 0.1) is 0 Å². The van der Waals surface area contributed by atoms with Crippen molar-refractivity contribution in [2.45, 2.75) is 72.6 Å². The topological polar surface area (TPSA) is 137 Å². The number of aliphatic hydroxyl groups excluding tert-OH is 3. The molecule has 7 N–H and O–H groups in total. The Morgan fingerprint density at radius 3 is 1.33 bits per heavy atom. The van der Waals surface area contributed by atoms with E-state index >= 15 is 0 Å². The first-order valence-electron chi connectivity index (χ1n) is 7.54. The van der Waals surface area contributed by atoms with Gasteiger partial charge in [0.05, 0.1) is 0 Å². The molecule has 6 heteroatoms. The Morgan fingerprint density at radius 2 is 1.05 bits per heavy atom. The van der Waals surface area contributed by atoms with Crippen LogP contribution in [-0.4, -0.2) is 41.1 Å². The maximum atomic E-state index is 9.98. The molecule has 0 aromatic rings. The Hall–Kier alpha value is -0.690. The lowest BCUT2D eigenvalue weighted by atomic mass is 10.1. The number of quaternary nitrogens is 1. The molecule has 0 heterocycles. The number of unbranched alkanes of at least 4 members (excludes halogenated alkanes) is 5. The molecule has 6 nitrogen and oxygen atoms in total. The fourth-order valence-electron chi connectivity index (χ4n) is 1.05. The largest absolute Gasteiger partial charge is 0.550 e. The molecule has 21 heavy (non-hydrogen) atoms. The summed E-state index contributed by atoms with van der Waals surface area (Å²) < 4.78 is 0. The minimum absolute atomic E-state index is 0. The standard InChI is InChI=1S/C9H18O2.3C2H6O.H3N/c1-2-3-4-5-6-7-8-9(10)11;3*1-2-3;/h2-8H2,1H3,(H,10,11);3*3H,2H2,1H3;1H3. The second kappa shape index (κ2) is 42.7. The molecule has 0 aliphatic heterocycles. The number of hydrogen-bond donors (Lipinski definition) is 4. The van der Waals surface area contributed by atoms with Gasteiger partial charge < -0.3 is 31.4 Å². The molecule has 134 valence electrons. The molecule has 0 aliphatic rings. The van der Waals surface area contributed by atoms with Gasteiger partial charge >= 0.3 is 0 Å². The van der Waals surface area contributed by atoms with Crippen LogP contribution in [0.25, 0.3) is 0 Å². The molecule has 0 amide bonds. The van der Waals surface area contributed by atoms with E-state index in [1.54, 1.807) is 20.8 Å². The Kier molecular flexibility index (Phi) is 65.7. The summed E-state index contributed by atoms with van der Waals surface area (Å²) in [5.41, 5.74) is 0. The lowest BCUT2D eigenvalue weighted by molar-refractivity contribution is -0.305. The van der Waals surface area contributed by atoms with Crippen LogP contribution in [-0.2, 0) is 4.79 Å². The van der Waals surface area contributed by atoms with Gasteiger partial charge in [-0.25, -0.2) is 0 Å². The van der Waals surface area contributed by atoms with E-state index in [1.807, 2.05) is 0 Å². The lowest BCUT2D eigenvalue weighted by Gasteiger charge is -2.00. The Labute approximate surface area is 130 Å². The highest BCUT2D eigenvalue weighted by atomic mass is 16.4. The van der Waals surface area contributed by atoms with E-state index in [0.717, 1.165) is 12.8 Å². The Balaban J connectivity index is -0.0000000711. The van der Waals surface area contributed by atoms with E-state index in [0.29, 0.717) is 0 Å². The average Bonchev–Trinajstić information content (AvgIpc) is 2.36. The number of carbonyl (C=O) groups is 1. The second-order valence-electron chi connectivity index (χ2n) is 3.84. The summed E-state index contributed by atoms with van der Waals surface area (Å²) in [5.74, 6) is -0.916. The Morgan fingerprint density at radius 1 is 0.762 bits per heavy atom. The fraction of sp³-hybridized carbons (Fsp3) is 0.933. The zero-order valence-corrected chi connectivity index (χ0v) is 14.7. The molecule has 0 radical (unpaired) electrons. The molecule has 0 bridgehead atoms. The van der Waals surface area contributed by atoms with Crippen LogP contribution < -0.4 is 11.3 Å². The summed E-state index contributed by atoms with van der Waals surface area (Å²) in [4.78, 5) is 9.98. The number of carboxylic acid groups (broad SMARTS) is 1. The molecular weight excluding hydrogens is 274 g/mol. The van der Waals surface area contributed by atoms with Crippen molar-refractivity contribution in [3.8, 4) is 0 Å². The average molecular weight is 313 g/mol. The van der Waals surface area contributed by atoms with Gasteiger partial charge in [-0.3, -0.25) is 0 Å². The van der Waals surface area contributed by atoms with E-state index in [9.17, 15) is 9.90 Å². The molecule has 0 spiro atoms. The predicted molar refractivity (Wildman–Crippen MR) is 87.3 cm³/mol. The summed E-state index contributed by atoms with van der Waals surface area (Å²) in [6.45, 7) is 7.96. The van der Waals surface area contributed by atoms with E-state index in [1.165, 1.54) is 25.7 Å². The normalized spacial score (nSPS) is 7.76. The van der Waals surface area contributed by atoms with Crippen LogP contribution in [0.4, 0.5) is 0 Å². The van der Waals surface area contributed by atoms with Crippen LogP contribution in [0.3, 0.4) is 0 Å². The third-order valence-corrected chi connectivity index (χ3v) is 1.73. The Bertz CT molecular complexity index is 141. The highest BCUT2D eigenvalue weighted by Gasteiger charge is 1.89. The summed E-state index contributed by atoms with van der Waals surface area (Å²) in [7, 11) is 0. The predicted octanol–water partition coefficient (Wildman–Crippen LogP) is 1.86. The van der Waals surface area contributed by atoms with E-state index in [4.69, 9.17) is 15.3 Å². The summed E-state index contributed by atoms with van der Waals surface area (Å²) in [5, 5.41) is 32.7. The summed E-state index contributed by atoms with van der Waals surface area (Å²) in [6.07, 6.45) is 6.96. The van der Waals surface area contributed by atoms with Crippen LogP contribution in [0.15, 0.2) is 0 Å². The number of hydrogen-bond acceptors (Lipinski definition) is 5. The molecule has 0 rings (SSSR count). The van der Waals surface area contributed by atoms with Gasteiger partial charge in [0.1, 0.15) is 0 Å². The maximum absolute atomic E-state index is 9.98. The van der Waals surface area contributed by atoms with Gasteiger partial charge in [0, 0.05) is 25.8 Å². The molecule has 0 aliphatic carbocycles. The first-order valence-corrected chi connectivity index (χ1v) is 7.54. The van der Waals surface area contributed by atoms with Gasteiger partial charge in [0.15, 0.2) is 0 Å². The van der Waals surface area contributed by atoms with Gasteiger partial charge in [-0.1, -0.05) is 39.0 Å². The van der Waals surface area contributed by atoms with Crippen molar-refractivity contribution in [3.05, 3.63) is 0 Å². The van der Waals surface area contributed by atoms with Crippen molar-refractivity contribution in [3.63, 3.8) is 0 Å². The van der Waals surface area contributed by atoms with Crippen LogP contribution >= 0.6 is 0 Å². The van der Waals surface area contributed by atoms with Crippen molar-refractivity contribution < 1.29 is 25.2 Å². The van der Waals surface area contributed by atoms with Crippen LogP contribution in [0.2, 0.25) is 0 Å². The van der Waals surface area contributed by atoms with Gasteiger partial charge in [-0.05, 0) is 33.6 Å². The van der Waals surface area contributed by atoms with Crippen molar-refractivity contribution in [1.29, 1.82) is 0 Å². The second-order valence-corrected chi connectivity index (χ2v) is 3.84. The summed E-state index contributed by atoms with van der Waals surface area (Å²) >= 11 is 0. The fourth-order valence-corrected chi connectivity index (χ4v) is 1.05. The zero-order chi connectivity index (χ0) is 16.6. The summed E-state index contributed by atoms with van der Waals surface area (Å²) in [6, 6.07) is 0. The van der Waals surface area contributed by atoms with Crippen LogP contribution in [0.5, 0.6) is 0 Å². The molecular formula is C15H39NO5. The van der Waals surface area contributed by atoms with E-state index < -0.39 is 5.97 Å². The molecule has 0 atom stereocenters. The van der Waals surface area contributed by atoms with E-state index in [-0.39, 0.29) is 32.4 Å². The highest BCUT2D eigenvalue weighted by molar-refractivity contribution is 5.63. The number of aliphatic carboxylic acids is 1. The highest BCUT2D eigenvalue weighted by Crippen LogP contribution is 2.05. The van der Waals surface area contributed by atoms with Crippen molar-refractivity contribution >= 4 is 5.97 Å². The molecule has 0 saturated heterocycles. The molecule has 0 aromatic carbocycles. The molecule has 0 fully saturated rings. The van der Waals surface area contributed by atoms with Crippen molar-refractivity contribution in [2.75, 3.05) is 19.8 Å². The molecule has 0 aromatic heterocycles. The third-order valence-electron chi connectivity index (χ3n) is 1.73. The maximum Gasteiger partial charge on any atom is 0.0414 e. The molecule has 0 saturated carbocycles. The monoisotopic (exact) mass is 313 g/mol. The lowest BCUT2D eigenvalue weighted by Crippen LogP contribution is -2.21. The third kappa shape index (κ3) is 108. The minimum Gasteiger partial charge on any atom is -0.550 e. The zero-order valence-electron chi connectivity index (χ0n) is 14.7. The smallest absolute Gasteiger partial charge is 0.0414 e. The van der Waals surface area contributed by atoms with Gasteiger partial charge in [0.2, 0.25) is 0 Å². The van der Waals surface area contributed by atoms with E-state index in [2.05, 4.69) is 6.92 Å². The minimum atomic E-state index is -0.916. The number of carboxylic acids is 1. The number of rotatable bonds is 7. The quantitative estimate of drug-likeness (QED) is 0.531. The SMILES string of the molecule is CCCCCCCCC(=O)[O-].CCO.CCO.CCO.[NH4+]. The van der Waals surface area contributed by atoms with Gasteiger partial charge in [-0.15, -0.1) is 0 Å². The van der Waals surface area contributed by atoms with Crippen molar-refractivity contribution in [2.24, 2.45) is 0 Å². The number of aliphatic hydroxyl groups is 3. The first kappa shape index (κ1) is 32.3. The van der Waals surface area contributed by atoms with Gasteiger partial charge in [-0.2, -0.15) is 0 Å². The molecule has 0 unspecified atom stereocenters. The van der Waals surface area contributed by atoms with Gasteiger partial charge in [0.25, 0.3) is 0 Å². The van der Waals surface area contributed by atoms with Crippen molar-refractivity contribution in [1.82, 2.24) is 6.15 Å². The van der Waals surface area contributed by atoms with Crippen LogP contribution in [0.1, 0.15) is 72.6 Å².